The molecule has 0 bridgehead atoms. The number of imide groups is 1. The van der Waals surface area contributed by atoms with Crippen molar-refractivity contribution in [2.75, 3.05) is 13.1 Å². The first kappa shape index (κ1) is 8.99. The molecule has 68 valence electrons. The third-order valence-electron chi connectivity index (χ3n) is 1.88. The van der Waals surface area contributed by atoms with Crippen LogP contribution in [0.5, 0.6) is 0 Å². The number of hydrogen-bond donors (Lipinski definition) is 2. The molecule has 3 amide bonds. The van der Waals surface area contributed by atoms with Gasteiger partial charge in [-0.25, -0.2) is 4.79 Å². The molecule has 0 spiro atoms. The van der Waals surface area contributed by atoms with E-state index in [9.17, 15) is 9.59 Å². The van der Waals surface area contributed by atoms with Crippen LogP contribution in [0.25, 0.3) is 0 Å². The van der Waals surface area contributed by atoms with Crippen LogP contribution in [0.3, 0.4) is 0 Å². The van der Waals surface area contributed by atoms with Crippen molar-refractivity contribution in [3.63, 3.8) is 0 Å². The van der Waals surface area contributed by atoms with Gasteiger partial charge in [-0.1, -0.05) is 6.92 Å². The van der Waals surface area contributed by atoms with Gasteiger partial charge in [0.1, 0.15) is 0 Å². The minimum absolute atomic E-state index is 0.106. The zero-order chi connectivity index (χ0) is 9.14. The molecule has 0 aromatic heterocycles. The molecule has 0 saturated carbocycles. The van der Waals surface area contributed by atoms with E-state index < -0.39 is 0 Å². The van der Waals surface area contributed by atoms with Gasteiger partial charge in [-0.2, -0.15) is 0 Å². The highest BCUT2D eigenvalue weighted by Crippen LogP contribution is 2.00. The predicted molar refractivity (Wildman–Crippen MR) is 43.4 cm³/mol. The topological polar surface area (TPSA) is 75.4 Å². The van der Waals surface area contributed by atoms with Crippen molar-refractivity contribution < 1.29 is 9.59 Å². The predicted octanol–water partition coefficient (Wildman–Crippen LogP) is -0.724. The van der Waals surface area contributed by atoms with Crippen molar-refractivity contribution in [1.29, 1.82) is 0 Å². The van der Waals surface area contributed by atoms with Crippen LogP contribution >= 0.6 is 0 Å². The maximum atomic E-state index is 11.0. The van der Waals surface area contributed by atoms with Crippen LogP contribution in [0.2, 0.25) is 0 Å². The van der Waals surface area contributed by atoms with E-state index in [1.807, 2.05) is 6.92 Å². The molecule has 0 aliphatic carbocycles. The first-order valence-corrected chi connectivity index (χ1v) is 3.99. The first-order chi connectivity index (χ1) is 5.65. The zero-order valence-corrected chi connectivity index (χ0v) is 7.04. The van der Waals surface area contributed by atoms with Gasteiger partial charge in [-0.3, -0.25) is 9.69 Å². The Morgan fingerprint density at radius 1 is 1.67 bits per heavy atom. The summed E-state index contributed by atoms with van der Waals surface area (Å²) in [6.07, 6.45) is 0.761. The Balaban J connectivity index is 2.50. The molecule has 1 unspecified atom stereocenters. The summed E-state index contributed by atoms with van der Waals surface area (Å²) < 4.78 is 0. The Labute approximate surface area is 70.9 Å². The van der Waals surface area contributed by atoms with Crippen LogP contribution in [0, 0.1) is 0 Å². The number of nitrogens with one attached hydrogen (secondary N) is 1. The fraction of sp³-hybridized carbons (Fsp3) is 0.714. The fourth-order valence-electron chi connectivity index (χ4n) is 1.00. The fourth-order valence-corrected chi connectivity index (χ4v) is 1.00. The normalized spacial score (nSPS) is 19.7. The summed E-state index contributed by atoms with van der Waals surface area (Å²) in [6.45, 7) is 2.35. The van der Waals surface area contributed by atoms with Crippen LogP contribution in [0.4, 0.5) is 4.79 Å². The second-order valence-electron chi connectivity index (χ2n) is 2.83. The molecule has 0 aromatic rings. The van der Waals surface area contributed by atoms with Crippen molar-refractivity contribution >= 4 is 11.9 Å². The molecule has 0 radical (unpaired) electrons. The minimum Gasteiger partial charge on any atom is -0.329 e. The highest BCUT2D eigenvalue weighted by atomic mass is 16.2. The van der Waals surface area contributed by atoms with E-state index in [1.54, 1.807) is 0 Å². The molecular weight excluding hydrogens is 158 g/mol. The molecule has 1 aliphatic rings. The summed E-state index contributed by atoms with van der Waals surface area (Å²) in [5, 5.41) is 2.43. The van der Waals surface area contributed by atoms with Gasteiger partial charge in [-0.05, 0) is 6.42 Å². The van der Waals surface area contributed by atoms with E-state index in [0.717, 1.165) is 11.3 Å². The average molecular weight is 171 g/mol. The highest BCUT2D eigenvalue weighted by Gasteiger charge is 2.28. The summed E-state index contributed by atoms with van der Waals surface area (Å²) in [5.41, 5.74) is 5.60. The van der Waals surface area contributed by atoms with Gasteiger partial charge in [0.25, 0.3) is 0 Å². The van der Waals surface area contributed by atoms with Gasteiger partial charge in [0.15, 0.2) is 0 Å². The van der Waals surface area contributed by atoms with E-state index in [4.69, 9.17) is 5.73 Å². The van der Waals surface area contributed by atoms with Gasteiger partial charge >= 0.3 is 6.03 Å². The van der Waals surface area contributed by atoms with Gasteiger partial charge in [0.05, 0.1) is 6.54 Å². The lowest BCUT2D eigenvalue weighted by molar-refractivity contribution is -0.125. The van der Waals surface area contributed by atoms with E-state index in [-0.39, 0.29) is 24.5 Å². The molecule has 1 saturated heterocycles. The summed E-state index contributed by atoms with van der Waals surface area (Å²) in [5.74, 6) is -0.191. The largest absolute Gasteiger partial charge is 0.329 e. The molecular formula is C7H13N3O2. The molecule has 1 atom stereocenters. The van der Waals surface area contributed by atoms with E-state index in [2.05, 4.69) is 5.32 Å². The number of nitrogens with two attached hydrogens (primary N) is 1. The van der Waals surface area contributed by atoms with Crippen LogP contribution in [-0.4, -0.2) is 36.0 Å². The number of nitrogens with zero attached hydrogens (tertiary/aromatic N) is 1. The van der Waals surface area contributed by atoms with Gasteiger partial charge < -0.3 is 11.1 Å². The van der Waals surface area contributed by atoms with E-state index in [0.29, 0.717) is 6.54 Å². The van der Waals surface area contributed by atoms with Crippen molar-refractivity contribution in [3.8, 4) is 0 Å². The molecule has 1 rings (SSSR count). The number of amides is 3. The van der Waals surface area contributed by atoms with Crippen molar-refractivity contribution in [2.24, 2.45) is 5.73 Å². The number of carbonyl (C=O) groups excluding carboxylic acids is 2. The van der Waals surface area contributed by atoms with Crippen LogP contribution in [0.15, 0.2) is 0 Å². The van der Waals surface area contributed by atoms with Crippen LogP contribution in [-0.2, 0) is 4.79 Å². The first-order valence-electron chi connectivity index (χ1n) is 3.99. The van der Waals surface area contributed by atoms with Gasteiger partial charge in [0, 0.05) is 12.6 Å². The van der Waals surface area contributed by atoms with E-state index in [1.165, 1.54) is 0 Å². The Kier molecular flexibility index (Phi) is 2.65. The third-order valence-corrected chi connectivity index (χ3v) is 1.88. The maximum absolute atomic E-state index is 11.0. The van der Waals surface area contributed by atoms with E-state index >= 15 is 0 Å². The average Bonchev–Trinajstić information content (AvgIpc) is 2.35. The monoisotopic (exact) mass is 171 g/mol. The Bertz CT molecular complexity index is 189. The van der Waals surface area contributed by atoms with Gasteiger partial charge in [0.2, 0.25) is 5.91 Å². The molecule has 1 fully saturated rings. The zero-order valence-electron chi connectivity index (χ0n) is 7.04. The minimum atomic E-state index is -0.330. The van der Waals surface area contributed by atoms with Gasteiger partial charge in [-0.15, -0.1) is 0 Å². The lowest BCUT2D eigenvalue weighted by Gasteiger charge is -2.16. The van der Waals surface area contributed by atoms with Crippen LogP contribution in [0.1, 0.15) is 13.3 Å². The quantitative estimate of drug-likeness (QED) is 0.550. The summed E-state index contributed by atoms with van der Waals surface area (Å²) in [6, 6.07) is -0.443. The van der Waals surface area contributed by atoms with Crippen LogP contribution < -0.4 is 11.1 Å². The summed E-state index contributed by atoms with van der Waals surface area (Å²) in [4.78, 5) is 23.2. The molecule has 5 heteroatoms. The standard InChI is InChI=1S/C7H13N3O2/c1-2-5(8)4-10-6(11)3-9-7(10)12/h5H,2-4,8H2,1H3,(H,9,12). The van der Waals surface area contributed by atoms with Crippen molar-refractivity contribution in [1.82, 2.24) is 10.2 Å². The lowest BCUT2D eigenvalue weighted by atomic mass is 10.2. The van der Waals surface area contributed by atoms with Crippen molar-refractivity contribution in [2.45, 2.75) is 19.4 Å². The van der Waals surface area contributed by atoms with Crippen molar-refractivity contribution in [3.05, 3.63) is 0 Å². The Morgan fingerprint density at radius 2 is 2.33 bits per heavy atom. The number of hydrogen-bond acceptors (Lipinski definition) is 3. The number of carbonyl (C=O) groups is 2. The summed E-state index contributed by atoms with van der Waals surface area (Å²) >= 11 is 0. The second-order valence-corrected chi connectivity index (χ2v) is 2.83. The lowest BCUT2D eigenvalue weighted by Crippen LogP contribution is -2.41. The smallest absolute Gasteiger partial charge is 0.324 e. The molecule has 5 nitrogen and oxygen atoms in total. The second kappa shape index (κ2) is 3.53. The Hall–Kier alpha value is -1.10. The molecule has 1 heterocycles. The SMILES string of the molecule is CCC(N)CN1C(=O)CNC1=O. The third kappa shape index (κ3) is 1.73. The molecule has 1 aliphatic heterocycles. The number of rotatable bonds is 3. The molecule has 3 N–H and O–H groups in total. The number of urea groups is 1. The highest BCUT2D eigenvalue weighted by molar-refractivity contribution is 6.01. The summed E-state index contributed by atoms with van der Waals surface area (Å²) in [7, 11) is 0. The molecule has 0 aromatic carbocycles. The Morgan fingerprint density at radius 3 is 2.75 bits per heavy atom. The molecule has 12 heavy (non-hydrogen) atoms. The maximum Gasteiger partial charge on any atom is 0.324 e.